The quantitative estimate of drug-likeness (QED) is 0.159. The summed E-state index contributed by atoms with van der Waals surface area (Å²) in [6, 6.07) is 12.9. The van der Waals surface area contributed by atoms with Crippen LogP contribution in [0, 0.1) is 23.3 Å². The molecule has 0 N–H and O–H groups in total. The Labute approximate surface area is 220 Å². The van der Waals surface area contributed by atoms with E-state index in [1.54, 1.807) is 12.1 Å². The first kappa shape index (κ1) is 27.7. The zero-order chi connectivity index (χ0) is 27.2. The summed E-state index contributed by atoms with van der Waals surface area (Å²) in [5, 5.41) is 0. The van der Waals surface area contributed by atoms with Crippen molar-refractivity contribution >= 4 is 5.97 Å². The maximum Gasteiger partial charge on any atom is 0.341 e. The van der Waals surface area contributed by atoms with Gasteiger partial charge in [0, 0.05) is 5.56 Å². The van der Waals surface area contributed by atoms with E-state index in [0.717, 1.165) is 31.2 Å². The molecule has 0 aromatic heterocycles. The van der Waals surface area contributed by atoms with E-state index in [-0.39, 0.29) is 22.8 Å². The maximum absolute atomic E-state index is 14.9. The molecule has 3 aromatic carbocycles. The summed E-state index contributed by atoms with van der Waals surface area (Å²) in [6.07, 6.45) is 5.48. The zero-order valence-electron chi connectivity index (χ0n) is 21.7. The lowest BCUT2D eigenvalue weighted by Gasteiger charge is -2.29. The van der Waals surface area contributed by atoms with Gasteiger partial charge >= 0.3 is 5.97 Å². The molecule has 1 saturated carbocycles. The number of rotatable bonds is 9. The van der Waals surface area contributed by atoms with E-state index in [2.05, 4.69) is 6.92 Å². The van der Waals surface area contributed by atoms with Gasteiger partial charge in [-0.2, -0.15) is 4.39 Å². The number of aryl methyl sites for hydroxylation is 1. The molecule has 0 bridgehead atoms. The molecule has 0 aliphatic heterocycles. The molecule has 0 saturated heterocycles. The molecule has 3 nitrogen and oxygen atoms in total. The van der Waals surface area contributed by atoms with Gasteiger partial charge in [0.25, 0.3) is 0 Å². The van der Waals surface area contributed by atoms with Gasteiger partial charge in [-0.25, -0.2) is 18.0 Å². The molecular formula is C31H32F4O3. The summed E-state index contributed by atoms with van der Waals surface area (Å²) in [4.78, 5) is 12.7. The molecular weight excluding hydrogens is 496 g/mol. The van der Waals surface area contributed by atoms with Crippen LogP contribution in [0.2, 0.25) is 0 Å². The van der Waals surface area contributed by atoms with Crippen molar-refractivity contribution in [1.82, 2.24) is 0 Å². The Kier molecular flexibility index (Phi) is 9.08. The molecule has 1 fully saturated rings. The van der Waals surface area contributed by atoms with E-state index in [0.29, 0.717) is 31.2 Å². The second-order valence-electron chi connectivity index (χ2n) is 9.81. The fourth-order valence-electron chi connectivity index (χ4n) is 5.09. The standard InChI is InChI=1S/C31H32F4O3/c1-3-4-5-6-19-7-9-20(10-8-19)23-15-16-25(29(34)27(23)32)31(36)38-22-13-11-21(12-14-22)24-17-18-26(37-2)30(35)28(24)33/h7-10,15-18,21-22H,3-6,11-14H2,1-2H3. The number of hydrogen-bond acceptors (Lipinski definition) is 3. The van der Waals surface area contributed by atoms with Crippen LogP contribution in [0.1, 0.15) is 79.3 Å². The summed E-state index contributed by atoms with van der Waals surface area (Å²) >= 11 is 0. The van der Waals surface area contributed by atoms with Crippen molar-refractivity contribution < 1.29 is 31.8 Å². The average Bonchev–Trinajstić information content (AvgIpc) is 2.93. The van der Waals surface area contributed by atoms with E-state index < -0.39 is 40.9 Å². The second-order valence-corrected chi connectivity index (χ2v) is 9.81. The van der Waals surface area contributed by atoms with Gasteiger partial charge < -0.3 is 9.47 Å². The van der Waals surface area contributed by atoms with E-state index in [1.807, 2.05) is 12.1 Å². The molecule has 0 heterocycles. The van der Waals surface area contributed by atoms with Crippen molar-refractivity contribution in [3.8, 4) is 16.9 Å². The Hall–Kier alpha value is -3.35. The first-order valence-corrected chi connectivity index (χ1v) is 13.1. The molecule has 3 aromatic rings. The highest BCUT2D eigenvalue weighted by atomic mass is 19.2. The van der Waals surface area contributed by atoms with Crippen LogP contribution in [0.3, 0.4) is 0 Å². The van der Waals surface area contributed by atoms with Crippen molar-refractivity contribution in [2.75, 3.05) is 7.11 Å². The number of hydrogen-bond donors (Lipinski definition) is 0. The molecule has 0 amide bonds. The Morgan fingerprint density at radius 1 is 0.816 bits per heavy atom. The van der Waals surface area contributed by atoms with E-state index in [4.69, 9.17) is 9.47 Å². The van der Waals surface area contributed by atoms with E-state index >= 15 is 0 Å². The topological polar surface area (TPSA) is 35.5 Å². The summed E-state index contributed by atoms with van der Waals surface area (Å²) in [5.74, 6) is -5.64. The number of carbonyl (C=O) groups is 1. The van der Waals surface area contributed by atoms with Crippen LogP contribution < -0.4 is 4.74 Å². The Balaban J connectivity index is 1.38. The molecule has 0 unspecified atom stereocenters. The molecule has 0 radical (unpaired) electrons. The lowest BCUT2D eigenvalue weighted by Crippen LogP contribution is -2.25. The molecule has 0 atom stereocenters. The highest BCUT2D eigenvalue weighted by molar-refractivity contribution is 5.90. The summed E-state index contributed by atoms with van der Waals surface area (Å²) in [5.41, 5.74) is 1.53. The molecule has 1 aliphatic carbocycles. The zero-order valence-corrected chi connectivity index (χ0v) is 21.7. The maximum atomic E-state index is 14.9. The monoisotopic (exact) mass is 528 g/mol. The first-order chi connectivity index (χ1) is 18.3. The third-order valence-corrected chi connectivity index (χ3v) is 7.32. The van der Waals surface area contributed by atoms with Gasteiger partial charge in [0.2, 0.25) is 5.82 Å². The number of benzene rings is 3. The predicted octanol–water partition coefficient (Wildman–Crippen LogP) is 8.53. The summed E-state index contributed by atoms with van der Waals surface area (Å²) in [6.45, 7) is 2.14. The summed E-state index contributed by atoms with van der Waals surface area (Å²) in [7, 11) is 1.27. The van der Waals surface area contributed by atoms with Crippen molar-refractivity contribution in [3.05, 3.63) is 88.5 Å². The van der Waals surface area contributed by atoms with Crippen molar-refractivity contribution in [2.45, 2.75) is 70.3 Å². The largest absolute Gasteiger partial charge is 0.494 e. The minimum absolute atomic E-state index is 0.0772. The normalized spacial score (nSPS) is 17.3. The number of esters is 1. The lowest BCUT2D eigenvalue weighted by molar-refractivity contribution is 0.0188. The van der Waals surface area contributed by atoms with E-state index in [1.165, 1.54) is 31.4 Å². The third kappa shape index (κ3) is 6.03. The van der Waals surface area contributed by atoms with Crippen LogP contribution in [-0.2, 0) is 11.2 Å². The van der Waals surface area contributed by atoms with Gasteiger partial charge in [-0.1, -0.05) is 56.2 Å². The minimum Gasteiger partial charge on any atom is -0.494 e. The Morgan fingerprint density at radius 3 is 2.18 bits per heavy atom. The molecule has 202 valence electrons. The molecule has 0 spiro atoms. The minimum atomic E-state index is -1.25. The molecule has 38 heavy (non-hydrogen) atoms. The number of methoxy groups -OCH3 is 1. The lowest BCUT2D eigenvalue weighted by atomic mass is 9.82. The van der Waals surface area contributed by atoms with Gasteiger partial charge in [-0.15, -0.1) is 0 Å². The van der Waals surface area contributed by atoms with Gasteiger partial charge in [0.15, 0.2) is 23.2 Å². The van der Waals surface area contributed by atoms with Crippen molar-refractivity contribution in [3.63, 3.8) is 0 Å². The van der Waals surface area contributed by atoms with Crippen molar-refractivity contribution in [2.24, 2.45) is 0 Å². The van der Waals surface area contributed by atoms with Crippen LogP contribution in [-0.4, -0.2) is 19.2 Å². The number of ether oxygens (including phenoxy) is 2. The fourth-order valence-corrected chi connectivity index (χ4v) is 5.09. The Morgan fingerprint density at radius 2 is 1.53 bits per heavy atom. The molecule has 4 rings (SSSR count). The predicted molar refractivity (Wildman–Crippen MR) is 138 cm³/mol. The SMILES string of the molecule is CCCCCc1ccc(-c2ccc(C(=O)OC3CCC(c4ccc(OC)c(F)c4F)CC3)c(F)c2F)cc1. The average molecular weight is 529 g/mol. The molecule has 1 aliphatic rings. The number of halogens is 4. The van der Waals surface area contributed by atoms with Crippen LogP contribution in [0.5, 0.6) is 5.75 Å². The van der Waals surface area contributed by atoms with Crippen molar-refractivity contribution in [1.29, 1.82) is 0 Å². The number of unbranched alkanes of at least 4 members (excludes halogenated alkanes) is 2. The smallest absolute Gasteiger partial charge is 0.341 e. The van der Waals surface area contributed by atoms with E-state index in [9.17, 15) is 22.4 Å². The van der Waals surface area contributed by atoms with Gasteiger partial charge in [0.05, 0.1) is 12.7 Å². The highest BCUT2D eigenvalue weighted by Gasteiger charge is 2.30. The van der Waals surface area contributed by atoms with Crippen LogP contribution >= 0.6 is 0 Å². The van der Waals surface area contributed by atoms with Crippen LogP contribution in [0.4, 0.5) is 17.6 Å². The van der Waals surface area contributed by atoms with Gasteiger partial charge in [-0.05, 0) is 73.3 Å². The second kappa shape index (κ2) is 12.5. The first-order valence-electron chi connectivity index (χ1n) is 13.1. The highest BCUT2D eigenvalue weighted by Crippen LogP contribution is 2.38. The van der Waals surface area contributed by atoms with Crippen LogP contribution in [0.25, 0.3) is 11.1 Å². The number of carbonyl (C=O) groups excluding carboxylic acids is 1. The third-order valence-electron chi connectivity index (χ3n) is 7.32. The van der Waals surface area contributed by atoms with Crippen LogP contribution in [0.15, 0.2) is 48.5 Å². The Bertz CT molecular complexity index is 1270. The summed E-state index contributed by atoms with van der Waals surface area (Å²) < 4.78 is 68.7. The fraction of sp³-hybridized carbons (Fsp3) is 0.387. The van der Waals surface area contributed by atoms with Gasteiger partial charge in [-0.3, -0.25) is 0 Å². The molecule has 7 heteroatoms. The van der Waals surface area contributed by atoms with Gasteiger partial charge in [0.1, 0.15) is 6.10 Å².